The Balaban J connectivity index is 0. The highest BCUT2D eigenvalue weighted by Crippen LogP contribution is 2.17. The number of aryl methyl sites for hydroxylation is 1. The van der Waals surface area contributed by atoms with Crippen molar-refractivity contribution in [3.63, 3.8) is 0 Å². The number of pyridine rings is 1. The molecule has 2 aromatic heterocycles. The molecule has 0 fully saturated rings. The minimum Gasteiger partial charge on any atom is -0.335 e. The van der Waals surface area contributed by atoms with Gasteiger partial charge in [-0.2, -0.15) is 0 Å². The average Bonchev–Trinajstić information content (AvgIpc) is 2.46. The standard InChI is InChI=1S/C9H12N4.3ClH/c1-13-6-7(5-12-10)8-3-2-4-11-9(8)13;;;/h2-4,6,12H,5,10H2,1H3;3*1H. The summed E-state index contributed by atoms with van der Waals surface area (Å²) in [7, 11) is 1.98. The number of fused-ring (bicyclic) bond motifs is 1. The lowest BCUT2D eigenvalue weighted by molar-refractivity contribution is 0.742. The van der Waals surface area contributed by atoms with E-state index in [4.69, 9.17) is 5.84 Å². The third-order valence-electron chi connectivity index (χ3n) is 2.11. The van der Waals surface area contributed by atoms with E-state index in [1.165, 1.54) is 5.56 Å². The van der Waals surface area contributed by atoms with Gasteiger partial charge in [-0.15, -0.1) is 37.2 Å². The summed E-state index contributed by atoms with van der Waals surface area (Å²) in [6, 6.07) is 3.98. The second-order valence-electron chi connectivity index (χ2n) is 3.02. The van der Waals surface area contributed by atoms with E-state index < -0.39 is 0 Å². The second kappa shape index (κ2) is 7.70. The average molecular weight is 286 g/mol. The quantitative estimate of drug-likeness (QED) is 0.653. The van der Waals surface area contributed by atoms with Crippen LogP contribution in [0.2, 0.25) is 0 Å². The van der Waals surface area contributed by atoms with Gasteiger partial charge in [-0.3, -0.25) is 11.3 Å². The maximum atomic E-state index is 5.28. The third-order valence-corrected chi connectivity index (χ3v) is 2.11. The topological polar surface area (TPSA) is 55.9 Å². The number of hydrogen-bond acceptors (Lipinski definition) is 3. The van der Waals surface area contributed by atoms with Crippen LogP contribution in [-0.4, -0.2) is 9.55 Å². The van der Waals surface area contributed by atoms with Gasteiger partial charge in [-0.05, 0) is 17.7 Å². The molecule has 2 aromatic rings. The fourth-order valence-corrected chi connectivity index (χ4v) is 1.54. The van der Waals surface area contributed by atoms with Gasteiger partial charge >= 0.3 is 0 Å². The molecule has 3 N–H and O–H groups in total. The van der Waals surface area contributed by atoms with Gasteiger partial charge in [0.15, 0.2) is 0 Å². The predicted molar refractivity (Wildman–Crippen MR) is 73.5 cm³/mol. The molecule has 2 rings (SSSR count). The smallest absolute Gasteiger partial charge is 0.139 e. The molecule has 7 heteroatoms. The van der Waals surface area contributed by atoms with Crippen molar-refractivity contribution in [2.45, 2.75) is 6.54 Å². The number of hydrogen-bond donors (Lipinski definition) is 2. The highest BCUT2D eigenvalue weighted by atomic mass is 35.5. The van der Waals surface area contributed by atoms with Gasteiger partial charge < -0.3 is 4.57 Å². The van der Waals surface area contributed by atoms with Gasteiger partial charge in [0.2, 0.25) is 0 Å². The Morgan fingerprint density at radius 2 is 2.06 bits per heavy atom. The summed E-state index contributed by atoms with van der Waals surface area (Å²) in [6.07, 6.45) is 3.83. The fourth-order valence-electron chi connectivity index (χ4n) is 1.54. The summed E-state index contributed by atoms with van der Waals surface area (Å²) in [4.78, 5) is 4.28. The van der Waals surface area contributed by atoms with E-state index in [0.717, 1.165) is 11.0 Å². The highest BCUT2D eigenvalue weighted by molar-refractivity contribution is 5.86. The molecule has 0 amide bonds. The number of rotatable bonds is 2. The Hall–Kier alpha value is -0.520. The number of nitrogens with one attached hydrogen (secondary N) is 1. The fraction of sp³-hybridized carbons (Fsp3) is 0.222. The Bertz CT molecular complexity index is 430. The van der Waals surface area contributed by atoms with Gasteiger partial charge in [-0.1, -0.05) is 0 Å². The van der Waals surface area contributed by atoms with Crippen LogP contribution in [0.25, 0.3) is 11.0 Å². The van der Waals surface area contributed by atoms with Crippen molar-refractivity contribution >= 4 is 48.3 Å². The lowest BCUT2D eigenvalue weighted by Crippen LogP contribution is -2.20. The Kier molecular flexibility index (Phi) is 8.60. The molecular formula is C9H15Cl3N4. The maximum absolute atomic E-state index is 5.28. The van der Waals surface area contributed by atoms with Crippen LogP contribution in [0.15, 0.2) is 24.5 Å². The molecule has 92 valence electrons. The van der Waals surface area contributed by atoms with Gasteiger partial charge in [0, 0.05) is 31.4 Å². The van der Waals surface area contributed by atoms with Crippen molar-refractivity contribution in [1.82, 2.24) is 15.0 Å². The van der Waals surface area contributed by atoms with Gasteiger partial charge in [-0.25, -0.2) is 4.98 Å². The molecule has 0 saturated carbocycles. The highest BCUT2D eigenvalue weighted by Gasteiger charge is 2.04. The molecule has 0 aromatic carbocycles. The number of nitrogens with two attached hydrogens (primary N) is 1. The van der Waals surface area contributed by atoms with Crippen molar-refractivity contribution in [2.24, 2.45) is 12.9 Å². The molecule has 4 nitrogen and oxygen atoms in total. The molecule has 0 saturated heterocycles. The first-order valence-corrected chi connectivity index (χ1v) is 4.15. The number of hydrazine groups is 1. The summed E-state index contributed by atoms with van der Waals surface area (Å²) in [6.45, 7) is 0.670. The Morgan fingerprint density at radius 3 is 2.69 bits per heavy atom. The zero-order valence-corrected chi connectivity index (χ0v) is 11.2. The third kappa shape index (κ3) is 3.23. The van der Waals surface area contributed by atoms with Crippen molar-refractivity contribution in [1.29, 1.82) is 0 Å². The molecule has 0 aliphatic heterocycles. The maximum Gasteiger partial charge on any atom is 0.139 e. The lowest BCUT2D eigenvalue weighted by atomic mass is 10.2. The molecule has 2 heterocycles. The van der Waals surface area contributed by atoms with E-state index in [2.05, 4.69) is 16.5 Å². The van der Waals surface area contributed by atoms with Gasteiger partial charge in [0.05, 0.1) is 0 Å². The van der Waals surface area contributed by atoms with E-state index in [1.807, 2.05) is 23.9 Å². The first-order chi connectivity index (χ1) is 6.33. The second-order valence-corrected chi connectivity index (χ2v) is 3.02. The molecule has 0 spiro atoms. The van der Waals surface area contributed by atoms with Crippen molar-refractivity contribution in [3.8, 4) is 0 Å². The van der Waals surface area contributed by atoms with Crippen molar-refractivity contribution in [2.75, 3.05) is 0 Å². The van der Waals surface area contributed by atoms with E-state index in [1.54, 1.807) is 6.20 Å². The molecule has 0 aliphatic rings. The number of halogens is 3. The molecule has 0 unspecified atom stereocenters. The molecule has 0 radical (unpaired) electrons. The first kappa shape index (κ1) is 17.9. The minimum atomic E-state index is 0. The van der Waals surface area contributed by atoms with E-state index in [-0.39, 0.29) is 37.2 Å². The molecule has 16 heavy (non-hydrogen) atoms. The monoisotopic (exact) mass is 284 g/mol. The van der Waals surface area contributed by atoms with Crippen LogP contribution >= 0.6 is 37.2 Å². The number of nitrogens with zero attached hydrogens (tertiary/aromatic N) is 2. The summed E-state index contributed by atoms with van der Waals surface area (Å²) in [5.74, 6) is 5.28. The summed E-state index contributed by atoms with van der Waals surface area (Å²) >= 11 is 0. The van der Waals surface area contributed by atoms with Gasteiger partial charge in [0.1, 0.15) is 5.65 Å². The molecule has 0 aliphatic carbocycles. The summed E-state index contributed by atoms with van der Waals surface area (Å²) < 4.78 is 2.00. The van der Waals surface area contributed by atoms with Crippen LogP contribution < -0.4 is 11.3 Å². The van der Waals surface area contributed by atoms with Crippen LogP contribution in [0.5, 0.6) is 0 Å². The van der Waals surface area contributed by atoms with Crippen LogP contribution in [0.1, 0.15) is 5.56 Å². The zero-order chi connectivity index (χ0) is 9.26. The normalized spacial score (nSPS) is 8.88. The largest absolute Gasteiger partial charge is 0.335 e. The van der Waals surface area contributed by atoms with E-state index >= 15 is 0 Å². The summed E-state index contributed by atoms with van der Waals surface area (Å²) in [5.41, 5.74) is 4.82. The van der Waals surface area contributed by atoms with Crippen molar-refractivity contribution in [3.05, 3.63) is 30.1 Å². The SMILES string of the molecule is Cl.Cl.Cl.Cn1cc(CNN)c2cccnc21. The molecular weight excluding hydrogens is 270 g/mol. The first-order valence-electron chi connectivity index (χ1n) is 4.15. The minimum absolute atomic E-state index is 0. The van der Waals surface area contributed by atoms with Crippen molar-refractivity contribution < 1.29 is 0 Å². The van der Waals surface area contributed by atoms with E-state index in [0.29, 0.717) is 6.54 Å². The Labute approximate surface area is 113 Å². The molecule has 0 bridgehead atoms. The zero-order valence-electron chi connectivity index (χ0n) is 8.71. The van der Waals surface area contributed by atoms with E-state index in [9.17, 15) is 0 Å². The predicted octanol–water partition coefficient (Wildman–Crippen LogP) is 1.80. The van der Waals surface area contributed by atoms with Crippen LogP contribution in [0.4, 0.5) is 0 Å². The van der Waals surface area contributed by atoms with Crippen LogP contribution in [-0.2, 0) is 13.6 Å². The Morgan fingerprint density at radius 1 is 1.38 bits per heavy atom. The molecule has 0 atom stereocenters. The van der Waals surface area contributed by atoms with Gasteiger partial charge in [0.25, 0.3) is 0 Å². The summed E-state index contributed by atoms with van der Waals surface area (Å²) in [5, 5.41) is 1.16. The number of aromatic nitrogens is 2. The van der Waals surface area contributed by atoms with Crippen LogP contribution in [0, 0.1) is 0 Å². The van der Waals surface area contributed by atoms with Crippen LogP contribution in [0.3, 0.4) is 0 Å². The lowest BCUT2D eigenvalue weighted by Gasteiger charge is -1.94.